The summed E-state index contributed by atoms with van der Waals surface area (Å²) in [5, 5.41) is 0. The molecule has 2 rings (SSSR count). The lowest BCUT2D eigenvalue weighted by atomic mass is 10.1. The SMILES string of the molecule is CCc1ccc(CCNS(=O)(=O)c2c(C)cc(OC)c(C)c2C)cc1. The Balaban J connectivity index is 2.15. The van der Waals surface area contributed by atoms with Gasteiger partial charge in [-0.05, 0) is 67.5 Å². The molecule has 0 fully saturated rings. The average Bonchev–Trinajstić information content (AvgIpc) is 2.58. The van der Waals surface area contributed by atoms with E-state index >= 15 is 0 Å². The van der Waals surface area contributed by atoms with Crippen LogP contribution in [-0.4, -0.2) is 22.1 Å². The van der Waals surface area contributed by atoms with E-state index in [0.717, 1.165) is 23.1 Å². The van der Waals surface area contributed by atoms with E-state index < -0.39 is 10.0 Å². The molecule has 0 aliphatic heterocycles. The first-order valence-electron chi connectivity index (χ1n) is 8.52. The molecule has 25 heavy (non-hydrogen) atoms. The van der Waals surface area contributed by atoms with Crippen molar-refractivity contribution in [2.75, 3.05) is 13.7 Å². The van der Waals surface area contributed by atoms with Crippen LogP contribution in [0.4, 0.5) is 0 Å². The Bertz CT molecular complexity index is 840. The number of benzene rings is 2. The fourth-order valence-corrected chi connectivity index (χ4v) is 4.54. The van der Waals surface area contributed by atoms with Crippen LogP contribution in [0, 0.1) is 20.8 Å². The van der Waals surface area contributed by atoms with Crippen molar-refractivity contribution in [3.05, 3.63) is 58.1 Å². The van der Waals surface area contributed by atoms with Crippen LogP contribution in [-0.2, 0) is 22.9 Å². The first kappa shape index (κ1) is 19.5. The van der Waals surface area contributed by atoms with E-state index in [0.29, 0.717) is 29.2 Å². The molecule has 0 amide bonds. The van der Waals surface area contributed by atoms with Gasteiger partial charge in [-0.15, -0.1) is 0 Å². The molecule has 2 aromatic carbocycles. The Morgan fingerprint density at radius 1 is 1.00 bits per heavy atom. The zero-order chi connectivity index (χ0) is 18.6. The minimum absolute atomic E-state index is 0.354. The van der Waals surface area contributed by atoms with Gasteiger partial charge in [-0.3, -0.25) is 0 Å². The van der Waals surface area contributed by atoms with Crippen LogP contribution in [0.15, 0.2) is 35.2 Å². The molecule has 136 valence electrons. The summed E-state index contributed by atoms with van der Waals surface area (Å²) in [6.07, 6.45) is 1.67. The van der Waals surface area contributed by atoms with Gasteiger partial charge >= 0.3 is 0 Å². The number of hydrogen-bond donors (Lipinski definition) is 1. The molecule has 0 atom stereocenters. The van der Waals surface area contributed by atoms with Crippen molar-refractivity contribution in [1.82, 2.24) is 4.72 Å². The fourth-order valence-electron chi connectivity index (χ4n) is 2.99. The monoisotopic (exact) mass is 361 g/mol. The summed E-state index contributed by atoms with van der Waals surface area (Å²) in [6, 6.07) is 10.1. The van der Waals surface area contributed by atoms with Gasteiger partial charge in [0.2, 0.25) is 10.0 Å². The van der Waals surface area contributed by atoms with Crippen LogP contribution >= 0.6 is 0 Å². The van der Waals surface area contributed by atoms with E-state index in [-0.39, 0.29) is 0 Å². The van der Waals surface area contributed by atoms with Gasteiger partial charge in [-0.25, -0.2) is 13.1 Å². The minimum Gasteiger partial charge on any atom is -0.496 e. The Hall–Kier alpha value is -1.85. The number of ether oxygens (including phenoxy) is 1. The molecule has 5 heteroatoms. The predicted octanol–water partition coefficient (Wildman–Crippen LogP) is 3.70. The summed E-state index contributed by atoms with van der Waals surface area (Å²) < 4.78 is 33.6. The third-order valence-corrected chi connectivity index (χ3v) is 6.35. The predicted molar refractivity (Wildman–Crippen MR) is 102 cm³/mol. The second-order valence-corrected chi connectivity index (χ2v) is 8.00. The number of hydrogen-bond acceptors (Lipinski definition) is 3. The van der Waals surface area contributed by atoms with Crippen LogP contribution in [0.5, 0.6) is 5.75 Å². The molecular formula is C20H27NO3S. The van der Waals surface area contributed by atoms with E-state index in [1.165, 1.54) is 5.56 Å². The molecular weight excluding hydrogens is 334 g/mol. The van der Waals surface area contributed by atoms with Crippen LogP contribution in [0.1, 0.15) is 34.7 Å². The van der Waals surface area contributed by atoms with Crippen LogP contribution in [0.3, 0.4) is 0 Å². The Morgan fingerprint density at radius 2 is 1.60 bits per heavy atom. The summed E-state index contributed by atoms with van der Waals surface area (Å²) in [6.45, 7) is 7.99. The van der Waals surface area contributed by atoms with Crippen molar-refractivity contribution in [3.63, 3.8) is 0 Å². The topological polar surface area (TPSA) is 55.4 Å². The zero-order valence-electron chi connectivity index (χ0n) is 15.6. The molecule has 0 unspecified atom stereocenters. The van der Waals surface area contributed by atoms with Crippen molar-refractivity contribution >= 4 is 10.0 Å². The molecule has 0 bridgehead atoms. The van der Waals surface area contributed by atoms with Crippen LogP contribution in [0.25, 0.3) is 0 Å². The number of aryl methyl sites for hydroxylation is 2. The second kappa shape index (κ2) is 8.02. The van der Waals surface area contributed by atoms with Gasteiger partial charge in [-0.1, -0.05) is 31.2 Å². The average molecular weight is 362 g/mol. The van der Waals surface area contributed by atoms with Crippen molar-refractivity contribution in [3.8, 4) is 5.75 Å². The summed E-state index contributed by atoms with van der Waals surface area (Å²) in [5.74, 6) is 0.713. The quantitative estimate of drug-likeness (QED) is 0.818. The van der Waals surface area contributed by atoms with Gasteiger partial charge in [0.15, 0.2) is 0 Å². The molecule has 0 aromatic heterocycles. The molecule has 0 saturated carbocycles. The fraction of sp³-hybridized carbons (Fsp3) is 0.400. The van der Waals surface area contributed by atoms with E-state index in [1.807, 2.05) is 13.8 Å². The summed E-state index contributed by atoms with van der Waals surface area (Å²) in [4.78, 5) is 0.354. The van der Waals surface area contributed by atoms with Crippen LogP contribution < -0.4 is 9.46 Å². The van der Waals surface area contributed by atoms with Crippen molar-refractivity contribution < 1.29 is 13.2 Å². The lowest BCUT2D eigenvalue weighted by Gasteiger charge is -2.16. The maximum atomic E-state index is 12.8. The molecule has 0 radical (unpaired) electrons. The molecule has 2 aromatic rings. The normalized spacial score (nSPS) is 11.6. The highest BCUT2D eigenvalue weighted by molar-refractivity contribution is 7.89. The summed E-state index contributed by atoms with van der Waals surface area (Å²) >= 11 is 0. The summed E-state index contributed by atoms with van der Waals surface area (Å²) in [5.41, 5.74) is 4.68. The van der Waals surface area contributed by atoms with Crippen molar-refractivity contribution in [2.24, 2.45) is 0 Å². The molecule has 0 saturated heterocycles. The number of rotatable bonds is 7. The maximum absolute atomic E-state index is 12.8. The number of nitrogens with one attached hydrogen (secondary N) is 1. The van der Waals surface area contributed by atoms with E-state index in [9.17, 15) is 8.42 Å². The van der Waals surface area contributed by atoms with Crippen LogP contribution in [0.2, 0.25) is 0 Å². The minimum atomic E-state index is -3.56. The Labute approximate surface area is 151 Å². The van der Waals surface area contributed by atoms with Gasteiger partial charge in [0.05, 0.1) is 12.0 Å². The van der Waals surface area contributed by atoms with E-state index in [1.54, 1.807) is 20.1 Å². The first-order chi connectivity index (χ1) is 11.8. The molecule has 1 N–H and O–H groups in total. The highest BCUT2D eigenvalue weighted by Crippen LogP contribution is 2.30. The van der Waals surface area contributed by atoms with Gasteiger partial charge in [0, 0.05) is 6.54 Å². The smallest absolute Gasteiger partial charge is 0.241 e. The standard InChI is InChI=1S/C20H27NO3S/c1-6-17-7-9-18(10-8-17)11-12-21-25(22,23)20-14(2)13-19(24-5)15(3)16(20)4/h7-10,13,21H,6,11-12H2,1-5H3. The third kappa shape index (κ3) is 4.41. The Kier molecular flexibility index (Phi) is 6.25. The highest BCUT2D eigenvalue weighted by atomic mass is 32.2. The Morgan fingerprint density at radius 3 is 2.16 bits per heavy atom. The largest absolute Gasteiger partial charge is 0.496 e. The second-order valence-electron chi connectivity index (χ2n) is 6.29. The van der Waals surface area contributed by atoms with E-state index in [4.69, 9.17) is 4.74 Å². The molecule has 0 spiro atoms. The molecule has 0 aliphatic carbocycles. The molecule has 4 nitrogen and oxygen atoms in total. The first-order valence-corrected chi connectivity index (χ1v) is 10.0. The van der Waals surface area contributed by atoms with Crippen molar-refractivity contribution in [2.45, 2.75) is 45.4 Å². The summed E-state index contributed by atoms with van der Waals surface area (Å²) in [7, 11) is -1.96. The lowest BCUT2D eigenvalue weighted by Crippen LogP contribution is -2.27. The third-order valence-electron chi connectivity index (χ3n) is 4.60. The number of sulfonamides is 1. The van der Waals surface area contributed by atoms with E-state index in [2.05, 4.69) is 35.9 Å². The molecule has 0 aliphatic rings. The van der Waals surface area contributed by atoms with Gasteiger partial charge < -0.3 is 4.74 Å². The van der Waals surface area contributed by atoms with Gasteiger partial charge in [0.1, 0.15) is 5.75 Å². The van der Waals surface area contributed by atoms with Gasteiger partial charge in [-0.2, -0.15) is 0 Å². The zero-order valence-corrected chi connectivity index (χ0v) is 16.5. The highest BCUT2D eigenvalue weighted by Gasteiger charge is 2.22. The lowest BCUT2D eigenvalue weighted by molar-refractivity contribution is 0.410. The maximum Gasteiger partial charge on any atom is 0.241 e. The van der Waals surface area contributed by atoms with Crippen molar-refractivity contribution in [1.29, 1.82) is 0 Å². The number of methoxy groups -OCH3 is 1. The van der Waals surface area contributed by atoms with Gasteiger partial charge in [0.25, 0.3) is 0 Å². The molecule has 0 heterocycles.